The third-order valence-corrected chi connectivity index (χ3v) is 2.13. The van der Waals surface area contributed by atoms with Crippen molar-refractivity contribution < 1.29 is 9.90 Å². The van der Waals surface area contributed by atoms with E-state index in [-0.39, 0.29) is 5.69 Å². The summed E-state index contributed by atoms with van der Waals surface area (Å²) in [5.74, 6) is -0.392. The van der Waals surface area contributed by atoms with Gasteiger partial charge in [0.1, 0.15) is 5.69 Å². The zero-order valence-corrected chi connectivity index (χ0v) is 8.21. The summed E-state index contributed by atoms with van der Waals surface area (Å²) in [5.41, 5.74) is 1.91. The van der Waals surface area contributed by atoms with E-state index in [2.05, 4.69) is 17.6 Å². The molecule has 0 radical (unpaired) electrons. The molecular formula is C9H11NO2S. The van der Waals surface area contributed by atoms with E-state index in [4.69, 9.17) is 5.11 Å². The van der Waals surface area contributed by atoms with Gasteiger partial charge in [0.25, 0.3) is 0 Å². The molecule has 0 aliphatic carbocycles. The topological polar surface area (TPSA) is 50.2 Å². The molecule has 70 valence electrons. The summed E-state index contributed by atoms with van der Waals surface area (Å²) in [6, 6.07) is 3.27. The van der Waals surface area contributed by atoms with Gasteiger partial charge in [-0.3, -0.25) is 0 Å². The Kier molecular flexibility index (Phi) is 3.31. The molecule has 1 N–H and O–H groups in total. The van der Waals surface area contributed by atoms with E-state index in [0.29, 0.717) is 5.75 Å². The summed E-state index contributed by atoms with van der Waals surface area (Å²) in [5, 5.41) is 8.69. The quantitative estimate of drug-likeness (QED) is 0.726. The summed E-state index contributed by atoms with van der Waals surface area (Å²) in [6.45, 7) is 1.95. The summed E-state index contributed by atoms with van der Waals surface area (Å²) in [7, 11) is 0. The van der Waals surface area contributed by atoms with Crippen LogP contribution in [0.5, 0.6) is 0 Å². The number of pyridine rings is 1. The standard InChI is InChI=1S/C9H11NO2S/c1-2-7-6(5-13)3-4-8(10-7)9(11)12/h3-4,13H,2,5H2,1H3,(H,11,12). The minimum absolute atomic E-state index is 0.0994. The molecule has 1 rings (SSSR count). The number of nitrogens with zero attached hydrogens (tertiary/aromatic N) is 1. The number of thiol groups is 1. The Hall–Kier alpha value is -1.03. The summed E-state index contributed by atoms with van der Waals surface area (Å²) in [6.07, 6.45) is 0.733. The predicted molar refractivity (Wildman–Crippen MR) is 53.3 cm³/mol. The highest BCUT2D eigenvalue weighted by molar-refractivity contribution is 7.79. The molecule has 0 atom stereocenters. The molecule has 0 unspecified atom stereocenters. The molecule has 4 heteroatoms. The van der Waals surface area contributed by atoms with E-state index < -0.39 is 5.97 Å². The zero-order valence-electron chi connectivity index (χ0n) is 7.32. The minimum atomic E-state index is -0.986. The molecule has 3 nitrogen and oxygen atoms in total. The first-order valence-electron chi connectivity index (χ1n) is 4.02. The number of aromatic nitrogens is 1. The summed E-state index contributed by atoms with van der Waals surface area (Å²) in [4.78, 5) is 14.6. The molecule has 1 heterocycles. The molecule has 0 saturated carbocycles. The number of hydrogen-bond donors (Lipinski definition) is 2. The van der Waals surface area contributed by atoms with Gasteiger partial charge in [-0.15, -0.1) is 0 Å². The van der Waals surface area contributed by atoms with Crippen molar-refractivity contribution in [3.8, 4) is 0 Å². The molecule has 1 aromatic rings. The third-order valence-electron chi connectivity index (χ3n) is 1.79. The smallest absolute Gasteiger partial charge is 0.354 e. The highest BCUT2D eigenvalue weighted by atomic mass is 32.1. The Balaban J connectivity index is 3.13. The van der Waals surface area contributed by atoms with Gasteiger partial charge in [0.15, 0.2) is 0 Å². The lowest BCUT2D eigenvalue weighted by Gasteiger charge is -2.04. The Morgan fingerprint density at radius 3 is 2.77 bits per heavy atom. The number of aromatic carboxylic acids is 1. The lowest BCUT2D eigenvalue weighted by atomic mass is 10.1. The second-order valence-electron chi connectivity index (χ2n) is 2.62. The van der Waals surface area contributed by atoms with E-state index in [1.165, 1.54) is 6.07 Å². The first-order valence-corrected chi connectivity index (χ1v) is 4.65. The summed E-state index contributed by atoms with van der Waals surface area (Å²) >= 11 is 4.13. The highest BCUT2D eigenvalue weighted by Crippen LogP contribution is 2.11. The van der Waals surface area contributed by atoms with Gasteiger partial charge in [0.05, 0.1) is 0 Å². The fourth-order valence-corrected chi connectivity index (χ4v) is 1.39. The van der Waals surface area contributed by atoms with E-state index in [0.717, 1.165) is 17.7 Å². The Morgan fingerprint density at radius 1 is 1.62 bits per heavy atom. The molecule has 0 spiro atoms. The van der Waals surface area contributed by atoms with Crippen LogP contribution in [0.4, 0.5) is 0 Å². The van der Waals surface area contributed by atoms with Gasteiger partial charge in [0, 0.05) is 11.4 Å². The summed E-state index contributed by atoms with van der Waals surface area (Å²) < 4.78 is 0. The first kappa shape index (κ1) is 10.1. The maximum absolute atomic E-state index is 10.6. The number of carboxylic acids is 1. The number of carboxylic acid groups (broad SMARTS) is 1. The number of aryl methyl sites for hydroxylation is 1. The van der Waals surface area contributed by atoms with Gasteiger partial charge in [0.2, 0.25) is 0 Å². The van der Waals surface area contributed by atoms with Crippen molar-refractivity contribution in [2.24, 2.45) is 0 Å². The fraction of sp³-hybridized carbons (Fsp3) is 0.333. The largest absolute Gasteiger partial charge is 0.477 e. The first-order chi connectivity index (χ1) is 6.19. The minimum Gasteiger partial charge on any atom is -0.477 e. The second-order valence-corrected chi connectivity index (χ2v) is 2.94. The van der Waals surface area contributed by atoms with E-state index in [1.54, 1.807) is 6.07 Å². The van der Waals surface area contributed by atoms with Crippen LogP contribution in [-0.2, 0) is 12.2 Å². The van der Waals surface area contributed by atoms with Crippen LogP contribution in [0.3, 0.4) is 0 Å². The van der Waals surface area contributed by atoms with Crippen LogP contribution >= 0.6 is 12.6 Å². The predicted octanol–water partition coefficient (Wildman–Crippen LogP) is 1.77. The maximum Gasteiger partial charge on any atom is 0.354 e. The Bertz CT molecular complexity index is 325. The van der Waals surface area contributed by atoms with Crippen LogP contribution < -0.4 is 0 Å². The van der Waals surface area contributed by atoms with E-state index in [1.807, 2.05) is 6.92 Å². The molecule has 13 heavy (non-hydrogen) atoms. The van der Waals surface area contributed by atoms with Gasteiger partial charge in [-0.2, -0.15) is 12.6 Å². The molecule has 0 fully saturated rings. The molecule has 0 saturated heterocycles. The van der Waals surface area contributed by atoms with Crippen molar-refractivity contribution in [2.45, 2.75) is 19.1 Å². The Morgan fingerprint density at radius 2 is 2.31 bits per heavy atom. The molecule has 1 aromatic heterocycles. The van der Waals surface area contributed by atoms with Gasteiger partial charge >= 0.3 is 5.97 Å². The van der Waals surface area contributed by atoms with Crippen molar-refractivity contribution in [3.05, 3.63) is 29.1 Å². The zero-order chi connectivity index (χ0) is 9.84. The monoisotopic (exact) mass is 197 g/mol. The second kappa shape index (κ2) is 4.28. The van der Waals surface area contributed by atoms with Crippen molar-refractivity contribution in [1.29, 1.82) is 0 Å². The van der Waals surface area contributed by atoms with Gasteiger partial charge in [-0.25, -0.2) is 9.78 Å². The third kappa shape index (κ3) is 2.21. The maximum atomic E-state index is 10.6. The van der Waals surface area contributed by atoms with Crippen LogP contribution in [-0.4, -0.2) is 16.1 Å². The van der Waals surface area contributed by atoms with Crippen LogP contribution in [0.25, 0.3) is 0 Å². The molecule has 0 bridgehead atoms. The SMILES string of the molecule is CCc1nc(C(=O)O)ccc1CS. The van der Waals surface area contributed by atoms with Crippen molar-refractivity contribution in [2.75, 3.05) is 0 Å². The van der Waals surface area contributed by atoms with Crippen LogP contribution in [0.1, 0.15) is 28.7 Å². The number of hydrogen-bond acceptors (Lipinski definition) is 3. The average molecular weight is 197 g/mol. The van der Waals surface area contributed by atoms with Crippen LogP contribution in [0.15, 0.2) is 12.1 Å². The van der Waals surface area contributed by atoms with Gasteiger partial charge < -0.3 is 5.11 Å². The fourth-order valence-electron chi connectivity index (χ4n) is 1.10. The Labute approximate surface area is 82.2 Å². The van der Waals surface area contributed by atoms with Gasteiger partial charge in [-0.05, 0) is 18.1 Å². The molecule has 0 aliphatic rings. The lowest BCUT2D eigenvalue weighted by Crippen LogP contribution is -2.04. The van der Waals surface area contributed by atoms with Crippen LogP contribution in [0.2, 0.25) is 0 Å². The molecule has 0 aromatic carbocycles. The highest BCUT2D eigenvalue weighted by Gasteiger charge is 2.07. The van der Waals surface area contributed by atoms with Crippen molar-refractivity contribution in [1.82, 2.24) is 4.98 Å². The number of carbonyl (C=O) groups is 1. The number of rotatable bonds is 3. The van der Waals surface area contributed by atoms with Gasteiger partial charge in [-0.1, -0.05) is 13.0 Å². The van der Waals surface area contributed by atoms with Crippen molar-refractivity contribution in [3.63, 3.8) is 0 Å². The molecular weight excluding hydrogens is 186 g/mol. The lowest BCUT2D eigenvalue weighted by molar-refractivity contribution is 0.0690. The van der Waals surface area contributed by atoms with Crippen molar-refractivity contribution >= 4 is 18.6 Å². The normalized spacial score (nSPS) is 10.0. The van der Waals surface area contributed by atoms with E-state index in [9.17, 15) is 4.79 Å². The average Bonchev–Trinajstić information content (AvgIpc) is 2.16. The van der Waals surface area contributed by atoms with E-state index >= 15 is 0 Å². The molecule has 0 aliphatic heterocycles. The van der Waals surface area contributed by atoms with Crippen LogP contribution in [0, 0.1) is 0 Å². The molecule has 0 amide bonds.